The molecule has 0 aliphatic heterocycles. The first-order valence-electron chi connectivity index (χ1n) is 9.72. The number of alkyl halides is 3. The van der Waals surface area contributed by atoms with Gasteiger partial charge in [0.05, 0.1) is 0 Å². The Kier molecular flexibility index (Phi) is 7.97. The molecule has 4 nitrogen and oxygen atoms in total. The number of carbonyl (C=O) groups is 1. The van der Waals surface area contributed by atoms with E-state index in [1.807, 2.05) is 23.3 Å². The Balaban J connectivity index is 2.57. The molecular weight excluding hydrogens is 498 g/mol. The van der Waals surface area contributed by atoms with Crippen LogP contribution in [0.25, 0.3) is 0 Å². The summed E-state index contributed by atoms with van der Waals surface area (Å²) in [6.07, 6.45) is 6.93. The second kappa shape index (κ2) is 9.38. The Labute approximate surface area is 181 Å². The van der Waals surface area contributed by atoms with Crippen LogP contribution in [-0.4, -0.2) is 49.1 Å². The topological polar surface area (TPSA) is 60.4 Å². The van der Waals surface area contributed by atoms with Gasteiger partial charge in [-0.15, -0.1) is 0 Å². The second-order valence-corrected chi connectivity index (χ2v) is 25.6. The van der Waals surface area contributed by atoms with Crippen molar-refractivity contribution >= 4 is 39.5 Å². The van der Waals surface area contributed by atoms with E-state index in [4.69, 9.17) is 3.63 Å². The monoisotopic (exact) mass is 528 g/mol. The fourth-order valence-corrected chi connectivity index (χ4v) is 21.9. The first kappa shape index (κ1) is 25.5. The standard InChI is InChI=1S/C20H29F3GeO4S2/c1-24(2,3)19(18(25)17-12-6-5-7-13-17)29(4,15-14-16-10-8-9-11-16)28-30(26,27)20(21,22)23/h5-7,12-14,19H,8-11,15H2,1-4H3. The summed E-state index contributed by atoms with van der Waals surface area (Å²) >= 11 is -3.09. The third-order valence-corrected chi connectivity index (χ3v) is 20.3. The quantitative estimate of drug-likeness (QED) is 0.185. The summed E-state index contributed by atoms with van der Waals surface area (Å²) in [6, 6.07) is 8.32. The van der Waals surface area contributed by atoms with E-state index in [9.17, 15) is 26.4 Å². The molecule has 1 saturated carbocycles. The van der Waals surface area contributed by atoms with Crippen molar-refractivity contribution in [3.8, 4) is 0 Å². The van der Waals surface area contributed by atoms with Crippen LogP contribution in [0.4, 0.5) is 13.2 Å². The van der Waals surface area contributed by atoms with E-state index in [-0.39, 0.29) is 11.5 Å². The van der Waals surface area contributed by atoms with E-state index in [0.29, 0.717) is 5.56 Å². The summed E-state index contributed by atoms with van der Waals surface area (Å²) in [5, 5.41) is 0. The predicted octanol–water partition coefficient (Wildman–Crippen LogP) is 5.83. The molecule has 0 bridgehead atoms. The van der Waals surface area contributed by atoms with Crippen molar-refractivity contribution in [1.29, 1.82) is 0 Å². The number of allylic oxidation sites excluding steroid dienone is 1. The molecule has 0 radical (unpaired) electrons. The van der Waals surface area contributed by atoms with Crippen LogP contribution in [0.5, 0.6) is 0 Å². The van der Waals surface area contributed by atoms with Crippen molar-refractivity contribution in [3.63, 3.8) is 0 Å². The summed E-state index contributed by atoms with van der Waals surface area (Å²) in [4.78, 5) is 13.5. The summed E-state index contributed by atoms with van der Waals surface area (Å²) < 4.78 is 67.8. The molecule has 170 valence electrons. The first-order valence-corrected chi connectivity index (χ1v) is 20.8. The normalized spacial score (nSPS) is 19.8. The van der Waals surface area contributed by atoms with Crippen LogP contribution in [0, 0.1) is 0 Å². The van der Waals surface area contributed by atoms with Crippen LogP contribution in [0.15, 0.2) is 42.0 Å². The average molecular weight is 527 g/mol. The van der Waals surface area contributed by atoms with E-state index < -0.39 is 43.3 Å². The van der Waals surface area contributed by atoms with Gasteiger partial charge in [0.2, 0.25) is 0 Å². The molecule has 0 spiro atoms. The molecular formula is C20H29F3GeO4S2. The number of hydrogen-bond donors (Lipinski definition) is 0. The van der Waals surface area contributed by atoms with Gasteiger partial charge in [-0.25, -0.2) is 0 Å². The van der Waals surface area contributed by atoms with Crippen LogP contribution >= 0.6 is 10.3 Å². The number of carbonyl (C=O) groups excluding carboxylic acids is 1. The van der Waals surface area contributed by atoms with Crippen LogP contribution in [0.2, 0.25) is 17.3 Å². The molecule has 1 aromatic carbocycles. The van der Waals surface area contributed by atoms with Crippen molar-refractivity contribution < 1.29 is 30.0 Å². The SMILES string of the molecule is CS(CC=C1CCCC1)(OS(=O)(=O)C(F)(F)F)[CH](C(=O)c1ccccc1)[Ge]([CH3])([CH3])[CH3]. The van der Waals surface area contributed by atoms with Gasteiger partial charge in [-0.2, -0.15) is 0 Å². The van der Waals surface area contributed by atoms with Crippen molar-refractivity contribution in [1.82, 2.24) is 0 Å². The van der Waals surface area contributed by atoms with Crippen molar-refractivity contribution in [2.24, 2.45) is 0 Å². The van der Waals surface area contributed by atoms with Gasteiger partial charge in [0, 0.05) is 0 Å². The maximum absolute atomic E-state index is 13.5. The molecule has 1 fully saturated rings. The third-order valence-electron chi connectivity index (χ3n) is 5.06. The van der Waals surface area contributed by atoms with Crippen molar-refractivity contribution in [3.05, 3.63) is 47.5 Å². The summed E-state index contributed by atoms with van der Waals surface area (Å²) in [5.74, 6) is 5.40. The van der Waals surface area contributed by atoms with Gasteiger partial charge in [-0.05, 0) is 0 Å². The zero-order chi connectivity index (χ0) is 22.8. The van der Waals surface area contributed by atoms with E-state index in [1.165, 1.54) is 6.26 Å². The molecule has 1 aromatic rings. The Bertz CT molecular complexity index is 885. The van der Waals surface area contributed by atoms with Gasteiger partial charge in [-0.1, -0.05) is 0 Å². The molecule has 0 aromatic heterocycles. The second-order valence-electron chi connectivity index (χ2n) is 8.75. The maximum atomic E-state index is 13.5. The fraction of sp³-hybridized carbons (Fsp3) is 0.550. The molecule has 2 rings (SSSR count). The summed E-state index contributed by atoms with van der Waals surface area (Å²) in [5.41, 5.74) is -4.08. The van der Waals surface area contributed by atoms with Gasteiger partial charge in [0.15, 0.2) is 0 Å². The van der Waals surface area contributed by atoms with E-state index in [2.05, 4.69) is 0 Å². The molecule has 2 unspecified atom stereocenters. The third kappa shape index (κ3) is 6.14. The van der Waals surface area contributed by atoms with Gasteiger partial charge >= 0.3 is 182 Å². The molecule has 2 atom stereocenters. The number of benzene rings is 1. The van der Waals surface area contributed by atoms with Gasteiger partial charge in [0.25, 0.3) is 0 Å². The van der Waals surface area contributed by atoms with Gasteiger partial charge < -0.3 is 0 Å². The zero-order valence-corrected chi connectivity index (χ0v) is 21.4. The zero-order valence-electron chi connectivity index (χ0n) is 17.7. The van der Waals surface area contributed by atoms with Crippen LogP contribution in [0.1, 0.15) is 36.0 Å². The Morgan fingerprint density at radius 1 is 1.13 bits per heavy atom. The molecule has 1 aliphatic carbocycles. The number of ketones is 1. The Hall–Kier alpha value is -0.777. The minimum absolute atomic E-state index is 0.0173. The van der Waals surface area contributed by atoms with Crippen LogP contribution in [0.3, 0.4) is 0 Å². The average Bonchev–Trinajstić information content (AvgIpc) is 3.12. The number of Topliss-reactive ketones (excluding diaryl/α,β-unsaturated/α-hetero) is 1. The Morgan fingerprint density at radius 3 is 2.13 bits per heavy atom. The molecule has 0 N–H and O–H groups in total. The molecule has 1 aliphatic rings. The van der Waals surface area contributed by atoms with Gasteiger partial charge in [0.1, 0.15) is 0 Å². The molecule has 30 heavy (non-hydrogen) atoms. The van der Waals surface area contributed by atoms with Crippen LogP contribution in [-0.2, 0) is 13.7 Å². The van der Waals surface area contributed by atoms with Gasteiger partial charge in [-0.3, -0.25) is 0 Å². The number of hydrogen-bond acceptors (Lipinski definition) is 4. The first-order chi connectivity index (χ1) is 13.7. The van der Waals surface area contributed by atoms with E-state index in [0.717, 1.165) is 31.3 Å². The summed E-state index contributed by atoms with van der Waals surface area (Å²) in [7, 11) is -8.80. The molecule has 0 heterocycles. The predicted molar refractivity (Wildman–Crippen MR) is 119 cm³/mol. The molecule has 0 saturated heterocycles. The van der Waals surface area contributed by atoms with Crippen molar-refractivity contribution in [2.45, 2.75) is 52.5 Å². The summed E-state index contributed by atoms with van der Waals surface area (Å²) in [6.45, 7) is 0. The fourth-order valence-electron chi connectivity index (χ4n) is 3.84. The van der Waals surface area contributed by atoms with E-state index in [1.54, 1.807) is 30.3 Å². The molecule has 10 heteroatoms. The number of halogens is 3. The molecule has 0 amide bonds. The van der Waals surface area contributed by atoms with Crippen molar-refractivity contribution in [2.75, 3.05) is 12.0 Å². The Morgan fingerprint density at radius 2 is 1.67 bits per heavy atom. The van der Waals surface area contributed by atoms with Crippen LogP contribution < -0.4 is 0 Å². The minimum atomic E-state index is -5.84. The van der Waals surface area contributed by atoms with E-state index >= 15 is 0 Å². The number of rotatable bonds is 8.